The quantitative estimate of drug-likeness (QED) is 0.594. The second-order valence-electron chi connectivity index (χ2n) is 3.25. The minimum Gasteiger partial charge on any atom is -0.465 e. The van der Waals surface area contributed by atoms with E-state index in [4.69, 9.17) is 11.6 Å². The summed E-state index contributed by atoms with van der Waals surface area (Å²) in [6, 6.07) is 5.72. The van der Waals surface area contributed by atoms with Crippen molar-refractivity contribution in [3.05, 3.63) is 46.5 Å². The van der Waals surface area contributed by atoms with E-state index in [0.29, 0.717) is 0 Å². The number of carbonyl (C=O) groups is 1. The Morgan fingerprint density at radius 2 is 2.06 bits per heavy atom. The van der Waals surface area contributed by atoms with Crippen molar-refractivity contribution in [3.63, 3.8) is 0 Å². The molecule has 0 aliphatic carbocycles. The van der Waals surface area contributed by atoms with Crippen molar-refractivity contribution < 1.29 is 9.53 Å². The number of rotatable bonds is 3. The SMILES string of the molecule is C=Cc1cccc(/C=C(\Cl)C(=O)OC)c1C. The van der Waals surface area contributed by atoms with Crippen molar-refractivity contribution in [3.8, 4) is 0 Å². The number of hydrogen-bond donors (Lipinski definition) is 0. The Morgan fingerprint density at radius 3 is 2.62 bits per heavy atom. The average molecular weight is 237 g/mol. The van der Waals surface area contributed by atoms with Crippen molar-refractivity contribution in [2.24, 2.45) is 0 Å². The summed E-state index contributed by atoms with van der Waals surface area (Å²) in [4.78, 5) is 11.1. The van der Waals surface area contributed by atoms with Gasteiger partial charge in [0.25, 0.3) is 0 Å². The maximum Gasteiger partial charge on any atom is 0.349 e. The zero-order chi connectivity index (χ0) is 12.1. The maximum absolute atomic E-state index is 11.1. The number of methoxy groups -OCH3 is 1. The van der Waals surface area contributed by atoms with Crippen LogP contribution < -0.4 is 0 Å². The van der Waals surface area contributed by atoms with Crippen molar-refractivity contribution >= 4 is 29.7 Å². The zero-order valence-electron chi connectivity index (χ0n) is 9.29. The summed E-state index contributed by atoms with van der Waals surface area (Å²) in [5, 5.41) is 0.0619. The van der Waals surface area contributed by atoms with Gasteiger partial charge in [0.1, 0.15) is 5.03 Å². The summed E-state index contributed by atoms with van der Waals surface area (Å²) in [7, 11) is 1.30. The second-order valence-corrected chi connectivity index (χ2v) is 3.66. The van der Waals surface area contributed by atoms with Gasteiger partial charge in [0, 0.05) is 0 Å². The summed E-state index contributed by atoms with van der Waals surface area (Å²) in [6.07, 6.45) is 3.36. The molecule has 84 valence electrons. The smallest absolute Gasteiger partial charge is 0.349 e. The average Bonchev–Trinajstić information content (AvgIpc) is 2.30. The third kappa shape index (κ3) is 2.74. The van der Waals surface area contributed by atoms with Gasteiger partial charge in [-0.2, -0.15) is 0 Å². The predicted octanol–water partition coefficient (Wildman–Crippen LogP) is 3.39. The molecular weight excluding hydrogens is 224 g/mol. The van der Waals surface area contributed by atoms with Gasteiger partial charge >= 0.3 is 5.97 Å². The molecule has 0 aliphatic rings. The lowest BCUT2D eigenvalue weighted by Crippen LogP contribution is -1.99. The van der Waals surface area contributed by atoms with E-state index in [1.54, 1.807) is 12.2 Å². The summed E-state index contributed by atoms with van der Waals surface area (Å²) in [5.74, 6) is -0.537. The molecule has 2 nitrogen and oxygen atoms in total. The summed E-state index contributed by atoms with van der Waals surface area (Å²) in [6.45, 7) is 5.67. The molecule has 0 heterocycles. The number of hydrogen-bond acceptors (Lipinski definition) is 2. The van der Waals surface area contributed by atoms with Gasteiger partial charge in [-0.05, 0) is 29.7 Å². The van der Waals surface area contributed by atoms with E-state index in [0.717, 1.165) is 16.7 Å². The molecule has 0 N–H and O–H groups in total. The Balaban J connectivity index is 3.15. The first-order valence-electron chi connectivity index (χ1n) is 4.77. The van der Waals surface area contributed by atoms with Crippen LogP contribution in [0.2, 0.25) is 0 Å². The molecule has 0 aliphatic heterocycles. The lowest BCUT2D eigenvalue weighted by Gasteiger charge is -2.05. The van der Waals surface area contributed by atoms with Gasteiger partial charge in [0.15, 0.2) is 0 Å². The molecule has 1 aromatic rings. The Kier molecular flexibility index (Phi) is 4.32. The molecule has 0 spiro atoms. The first-order valence-corrected chi connectivity index (χ1v) is 5.15. The molecule has 0 saturated heterocycles. The fraction of sp³-hybridized carbons (Fsp3) is 0.154. The highest BCUT2D eigenvalue weighted by Crippen LogP contribution is 2.19. The summed E-state index contributed by atoms with van der Waals surface area (Å²) in [5.41, 5.74) is 2.93. The standard InChI is InChI=1S/C13H13ClO2/c1-4-10-6-5-7-11(9(10)2)8-12(14)13(15)16-3/h4-8H,1H2,2-3H3/b12-8-. The van der Waals surface area contributed by atoms with E-state index in [9.17, 15) is 4.79 Å². The van der Waals surface area contributed by atoms with Gasteiger partial charge in [-0.15, -0.1) is 0 Å². The third-order valence-electron chi connectivity index (χ3n) is 2.30. The van der Waals surface area contributed by atoms with Crippen molar-refractivity contribution in [1.29, 1.82) is 0 Å². The molecule has 0 saturated carbocycles. The van der Waals surface area contributed by atoms with E-state index >= 15 is 0 Å². The Hall–Kier alpha value is -1.54. The molecule has 1 aromatic carbocycles. The number of esters is 1. The van der Waals surface area contributed by atoms with Crippen LogP contribution in [-0.4, -0.2) is 13.1 Å². The number of benzene rings is 1. The van der Waals surface area contributed by atoms with Crippen LogP contribution in [0.3, 0.4) is 0 Å². The van der Waals surface area contributed by atoms with Crippen LogP contribution in [0.5, 0.6) is 0 Å². The third-order valence-corrected chi connectivity index (χ3v) is 2.56. The highest BCUT2D eigenvalue weighted by atomic mass is 35.5. The molecule has 3 heteroatoms. The van der Waals surface area contributed by atoms with Gasteiger partial charge in [0.2, 0.25) is 0 Å². The van der Waals surface area contributed by atoms with Gasteiger partial charge in [-0.25, -0.2) is 4.79 Å². The summed E-state index contributed by atoms with van der Waals surface area (Å²) >= 11 is 5.79. The highest BCUT2D eigenvalue weighted by molar-refractivity contribution is 6.43. The van der Waals surface area contributed by atoms with Gasteiger partial charge in [-0.1, -0.05) is 42.5 Å². The molecule has 0 amide bonds. The number of ether oxygens (including phenoxy) is 1. The Labute approximate surface area is 100 Å². The largest absolute Gasteiger partial charge is 0.465 e. The van der Waals surface area contributed by atoms with Crippen molar-refractivity contribution in [2.45, 2.75) is 6.92 Å². The Bertz CT molecular complexity index is 447. The van der Waals surface area contributed by atoms with Crippen LogP contribution in [0.1, 0.15) is 16.7 Å². The van der Waals surface area contributed by atoms with Crippen molar-refractivity contribution in [2.75, 3.05) is 7.11 Å². The van der Waals surface area contributed by atoms with Crippen LogP contribution >= 0.6 is 11.6 Å². The molecule has 0 unspecified atom stereocenters. The first-order chi connectivity index (χ1) is 7.60. The minimum absolute atomic E-state index is 0.0619. The van der Waals surface area contributed by atoms with E-state index < -0.39 is 5.97 Å². The fourth-order valence-electron chi connectivity index (χ4n) is 1.34. The second kappa shape index (κ2) is 5.52. The Morgan fingerprint density at radius 1 is 1.44 bits per heavy atom. The van der Waals surface area contributed by atoms with Crippen LogP contribution in [-0.2, 0) is 9.53 Å². The molecule has 1 rings (SSSR count). The van der Waals surface area contributed by atoms with Crippen LogP contribution in [0.15, 0.2) is 29.8 Å². The van der Waals surface area contributed by atoms with Crippen LogP contribution in [0, 0.1) is 6.92 Å². The zero-order valence-corrected chi connectivity index (χ0v) is 10.0. The summed E-state index contributed by atoms with van der Waals surface area (Å²) < 4.78 is 4.52. The molecule has 0 atom stereocenters. The fourth-order valence-corrected chi connectivity index (χ4v) is 1.54. The van der Waals surface area contributed by atoms with E-state index in [1.165, 1.54) is 7.11 Å². The minimum atomic E-state index is -0.537. The molecule has 0 radical (unpaired) electrons. The molecular formula is C13H13ClO2. The number of halogens is 1. The molecule has 16 heavy (non-hydrogen) atoms. The lowest BCUT2D eigenvalue weighted by atomic mass is 10.0. The van der Waals surface area contributed by atoms with Crippen LogP contribution in [0.4, 0.5) is 0 Å². The highest BCUT2D eigenvalue weighted by Gasteiger charge is 2.07. The molecule has 0 bridgehead atoms. The van der Waals surface area contributed by atoms with Crippen LogP contribution in [0.25, 0.3) is 12.2 Å². The van der Waals surface area contributed by atoms with E-state index in [1.807, 2.05) is 25.1 Å². The predicted molar refractivity (Wildman–Crippen MR) is 67.1 cm³/mol. The number of carbonyl (C=O) groups excluding carboxylic acids is 1. The van der Waals surface area contributed by atoms with E-state index in [2.05, 4.69) is 11.3 Å². The van der Waals surface area contributed by atoms with Gasteiger partial charge in [-0.3, -0.25) is 0 Å². The van der Waals surface area contributed by atoms with E-state index in [-0.39, 0.29) is 5.03 Å². The molecule has 0 aromatic heterocycles. The van der Waals surface area contributed by atoms with Gasteiger partial charge in [0.05, 0.1) is 7.11 Å². The molecule has 0 fully saturated rings. The first kappa shape index (κ1) is 12.5. The van der Waals surface area contributed by atoms with Gasteiger partial charge < -0.3 is 4.74 Å². The monoisotopic (exact) mass is 236 g/mol. The normalized spacial score (nSPS) is 11.1. The lowest BCUT2D eigenvalue weighted by molar-refractivity contribution is -0.135. The topological polar surface area (TPSA) is 26.3 Å². The van der Waals surface area contributed by atoms with Crippen molar-refractivity contribution in [1.82, 2.24) is 0 Å². The maximum atomic E-state index is 11.1.